The highest BCUT2D eigenvalue weighted by atomic mass is 16.2. The Morgan fingerprint density at radius 2 is 1.47 bits per heavy atom. The van der Waals surface area contributed by atoms with Crippen LogP contribution in [0, 0.1) is 6.92 Å². The molecular formula is C28H32N2O2. The maximum Gasteiger partial charge on any atom is 0.242 e. The molecule has 0 saturated heterocycles. The highest BCUT2D eigenvalue weighted by Crippen LogP contribution is 2.29. The summed E-state index contributed by atoms with van der Waals surface area (Å²) in [6.07, 6.45) is 0.295. The van der Waals surface area contributed by atoms with Crippen LogP contribution < -0.4 is 5.32 Å². The number of aryl methyl sites for hydroxylation is 1. The summed E-state index contributed by atoms with van der Waals surface area (Å²) in [5.74, 6) is -0.251. The van der Waals surface area contributed by atoms with Crippen LogP contribution in [0.5, 0.6) is 0 Å². The fraction of sp³-hybridized carbons (Fsp3) is 0.286. The molecule has 0 spiro atoms. The van der Waals surface area contributed by atoms with E-state index in [2.05, 4.69) is 35.6 Å². The summed E-state index contributed by atoms with van der Waals surface area (Å²) in [5, 5.41) is 2.86. The van der Waals surface area contributed by atoms with Gasteiger partial charge < -0.3 is 10.2 Å². The number of carbonyl (C=O) groups is 2. The number of benzene rings is 3. The Kier molecular flexibility index (Phi) is 8.20. The van der Waals surface area contributed by atoms with Crippen LogP contribution in [0.2, 0.25) is 0 Å². The maximum atomic E-state index is 13.7. The average Bonchev–Trinajstić information content (AvgIpc) is 2.81. The van der Waals surface area contributed by atoms with Gasteiger partial charge >= 0.3 is 0 Å². The van der Waals surface area contributed by atoms with Gasteiger partial charge in [0.1, 0.15) is 6.04 Å². The lowest BCUT2D eigenvalue weighted by Crippen LogP contribution is -2.47. The molecule has 3 rings (SSSR count). The van der Waals surface area contributed by atoms with Crippen molar-refractivity contribution in [3.05, 3.63) is 107 Å². The minimum absolute atomic E-state index is 0.0389. The molecule has 1 atom stereocenters. The SMILES string of the molecule is CCNC(=O)[C@H](C)N(Cc1cccc(C)c1)C(=O)CC(c1ccccc1)c1ccccc1. The summed E-state index contributed by atoms with van der Waals surface area (Å²) < 4.78 is 0. The number of likely N-dealkylation sites (N-methyl/N-ethyl adjacent to an activating group) is 1. The summed E-state index contributed by atoms with van der Waals surface area (Å²) in [6.45, 7) is 6.65. The summed E-state index contributed by atoms with van der Waals surface area (Å²) in [6, 6.07) is 27.7. The number of nitrogens with zero attached hydrogens (tertiary/aromatic N) is 1. The summed E-state index contributed by atoms with van der Waals surface area (Å²) in [4.78, 5) is 28.1. The van der Waals surface area contributed by atoms with Crippen molar-refractivity contribution in [3.8, 4) is 0 Å². The van der Waals surface area contributed by atoms with E-state index in [1.165, 1.54) is 0 Å². The van der Waals surface area contributed by atoms with Crippen molar-refractivity contribution in [3.63, 3.8) is 0 Å². The first-order valence-corrected chi connectivity index (χ1v) is 11.2. The predicted octanol–water partition coefficient (Wildman–Crippen LogP) is 5.07. The van der Waals surface area contributed by atoms with Crippen molar-refractivity contribution in [1.82, 2.24) is 10.2 Å². The van der Waals surface area contributed by atoms with E-state index < -0.39 is 6.04 Å². The van der Waals surface area contributed by atoms with Crippen LogP contribution >= 0.6 is 0 Å². The first-order chi connectivity index (χ1) is 15.5. The van der Waals surface area contributed by atoms with Crippen LogP contribution in [0.4, 0.5) is 0 Å². The molecule has 0 aliphatic rings. The molecule has 0 aliphatic heterocycles. The van der Waals surface area contributed by atoms with Crippen molar-refractivity contribution in [2.45, 2.75) is 45.7 Å². The molecular weight excluding hydrogens is 396 g/mol. The molecule has 0 fully saturated rings. The van der Waals surface area contributed by atoms with Crippen molar-refractivity contribution in [1.29, 1.82) is 0 Å². The highest BCUT2D eigenvalue weighted by molar-refractivity contribution is 5.87. The average molecular weight is 429 g/mol. The molecule has 3 aromatic rings. The molecule has 0 aromatic heterocycles. The fourth-order valence-electron chi connectivity index (χ4n) is 4.00. The lowest BCUT2D eigenvalue weighted by atomic mass is 9.88. The van der Waals surface area contributed by atoms with Crippen molar-refractivity contribution >= 4 is 11.8 Å². The molecule has 0 heterocycles. The minimum atomic E-state index is -0.560. The standard InChI is InChI=1S/C28H32N2O2/c1-4-29-28(32)22(3)30(20-23-13-11-12-21(2)18-23)27(31)19-26(24-14-7-5-8-15-24)25-16-9-6-10-17-25/h5-18,22,26H,4,19-20H2,1-3H3,(H,29,32)/t22-/m0/s1. The third-order valence-corrected chi connectivity index (χ3v) is 5.74. The Balaban J connectivity index is 1.91. The maximum absolute atomic E-state index is 13.7. The number of rotatable bonds is 9. The molecule has 32 heavy (non-hydrogen) atoms. The molecule has 166 valence electrons. The van der Waals surface area contributed by atoms with Gasteiger partial charge in [0.2, 0.25) is 11.8 Å². The molecule has 0 aliphatic carbocycles. The Bertz CT molecular complexity index is 978. The summed E-state index contributed by atoms with van der Waals surface area (Å²) >= 11 is 0. The highest BCUT2D eigenvalue weighted by Gasteiger charge is 2.28. The van der Waals surface area contributed by atoms with Crippen molar-refractivity contribution in [2.75, 3.05) is 6.54 Å². The largest absolute Gasteiger partial charge is 0.355 e. The number of hydrogen-bond acceptors (Lipinski definition) is 2. The Labute approximate surface area is 191 Å². The zero-order valence-corrected chi connectivity index (χ0v) is 19.1. The fourth-order valence-corrected chi connectivity index (χ4v) is 4.00. The van der Waals surface area contributed by atoms with Gasteiger partial charge in [-0.1, -0.05) is 90.5 Å². The third-order valence-electron chi connectivity index (χ3n) is 5.74. The summed E-state index contributed by atoms with van der Waals surface area (Å²) in [5.41, 5.74) is 4.33. The smallest absolute Gasteiger partial charge is 0.242 e. The number of carbonyl (C=O) groups excluding carboxylic acids is 2. The van der Waals surface area contributed by atoms with E-state index >= 15 is 0 Å². The summed E-state index contributed by atoms with van der Waals surface area (Å²) in [7, 11) is 0. The van der Waals surface area contributed by atoms with Gasteiger partial charge in [-0.15, -0.1) is 0 Å². The molecule has 4 nitrogen and oxygen atoms in total. The molecule has 3 aromatic carbocycles. The van der Waals surface area contributed by atoms with Gasteiger partial charge in [-0.2, -0.15) is 0 Å². The van der Waals surface area contributed by atoms with Gasteiger partial charge in [-0.25, -0.2) is 0 Å². The molecule has 0 saturated carbocycles. The lowest BCUT2D eigenvalue weighted by Gasteiger charge is -2.30. The van der Waals surface area contributed by atoms with Crippen LogP contribution in [0.3, 0.4) is 0 Å². The minimum Gasteiger partial charge on any atom is -0.355 e. The molecule has 0 bridgehead atoms. The van der Waals surface area contributed by atoms with E-state index in [0.717, 1.165) is 22.3 Å². The van der Waals surface area contributed by atoms with Gasteiger partial charge in [0.05, 0.1) is 0 Å². The molecule has 4 heteroatoms. The number of hydrogen-bond donors (Lipinski definition) is 1. The van der Waals surface area contributed by atoms with E-state index in [1.807, 2.05) is 68.4 Å². The normalized spacial score (nSPS) is 11.8. The quantitative estimate of drug-likeness (QED) is 0.517. The van der Waals surface area contributed by atoms with Gasteiger partial charge in [0, 0.05) is 25.4 Å². The first kappa shape index (κ1) is 23.3. The Hall–Kier alpha value is -3.40. The van der Waals surface area contributed by atoms with E-state index in [4.69, 9.17) is 0 Å². The molecule has 1 N–H and O–H groups in total. The zero-order valence-electron chi connectivity index (χ0n) is 19.1. The topological polar surface area (TPSA) is 49.4 Å². The van der Waals surface area contributed by atoms with E-state index in [1.54, 1.807) is 11.8 Å². The Morgan fingerprint density at radius 1 is 0.875 bits per heavy atom. The molecule has 0 radical (unpaired) electrons. The van der Waals surface area contributed by atoms with Gasteiger partial charge in [-0.3, -0.25) is 9.59 Å². The van der Waals surface area contributed by atoms with E-state index in [9.17, 15) is 9.59 Å². The Morgan fingerprint density at radius 3 is 2.00 bits per heavy atom. The monoisotopic (exact) mass is 428 g/mol. The lowest BCUT2D eigenvalue weighted by molar-refractivity contribution is -0.140. The second-order valence-electron chi connectivity index (χ2n) is 8.16. The number of nitrogens with one attached hydrogen (secondary N) is 1. The second kappa shape index (κ2) is 11.3. The van der Waals surface area contributed by atoms with E-state index in [0.29, 0.717) is 19.5 Å². The van der Waals surface area contributed by atoms with Gasteiger partial charge in [0.15, 0.2) is 0 Å². The molecule has 2 amide bonds. The number of amides is 2. The predicted molar refractivity (Wildman–Crippen MR) is 129 cm³/mol. The third kappa shape index (κ3) is 6.07. The second-order valence-corrected chi connectivity index (χ2v) is 8.16. The molecule has 0 unspecified atom stereocenters. The van der Waals surface area contributed by atoms with Crippen LogP contribution in [-0.2, 0) is 16.1 Å². The van der Waals surface area contributed by atoms with Crippen LogP contribution in [0.25, 0.3) is 0 Å². The van der Waals surface area contributed by atoms with E-state index in [-0.39, 0.29) is 17.7 Å². The van der Waals surface area contributed by atoms with Crippen LogP contribution in [0.1, 0.15) is 48.4 Å². The van der Waals surface area contributed by atoms with Crippen LogP contribution in [0.15, 0.2) is 84.9 Å². The van der Waals surface area contributed by atoms with Gasteiger partial charge in [-0.05, 0) is 37.5 Å². The van der Waals surface area contributed by atoms with Crippen LogP contribution in [-0.4, -0.2) is 29.3 Å². The zero-order chi connectivity index (χ0) is 22.9. The first-order valence-electron chi connectivity index (χ1n) is 11.2. The van der Waals surface area contributed by atoms with Crippen molar-refractivity contribution < 1.29 is 9.59 Å². The van der Waals surface area contributed by atoms with Crippen molar-refractivity contribution in [2.24, 2.45) is 0 Å². The van der Waals surface area contributed by atoms with Gasteiger partial charge in [0.25, 0.3) is 0 Å².